The molecule has 4 nitrogen and oxygen atoms in total. The lowest BCUT2D eigenvalue weighted by Gasteiger charge is -2.16. The summed E-state index contributed by atoms with van der Waals surface area (Å²) in [5.41, 5.74) is 2.92. The molecule has 3 rings (SSSR count). The van der Waals surface area contributed by atoms with Gasteiger partial charge in [-0.1, -0.05) is 30.3 Å². The maximum Gasteiger partial charge on any atom is 0.270 e. The van der Waals surface area contributed by atoms with Crippen LogP contribution in [-0.2, 0) is 19.4 Å². The molecule has 1 aromatic heterocycles. The number of rotatable bonds is 4. The van der Waals surface area contributed by atoms with Crippen LogP contribution >= 0.6 is 0 Å². The molecule has 0 spiro atoms. The fraction of sp³-hybridized carbons (Fsp3) is 0.412. The predicted octanol–water partition coefficient (Wildman–Crippen LogP) is 2.25. The second-order valence-electron chi connectivity index (χ2n) is 5.60. The zero-order chi connectivity index (χ0) is 14.7. The topological polar surface area (TPSA) is 55.1 Å². The van der Waals surface area contributed by atoms with E-state index in [9.17, 15) is 9.90 Å². The van der Waals surface area contributed by atoms with Crippen molar-refractivity contribution in [1.82, 2.24) is 9.78 Å². The number of fused-ring (bicyclic) bond motifs is 1. The third-order valence-electron chi connectivity index (χ3n) is 4.15. The van der Waals surface area contributed by atoms with Crippen LogP contribution in [0.3, 0.4) is 0 Å². The molecule has 1 aliphatic rings. The number of aromatic nitrogens is 2. The third-order valence-corrected chi connectivity index (χ3v) is 4.15. The quantitative estimate of drug-likeness (QED) is 0.937. The maximum absolute atomic E-state index is 12.4. The smallest absolute Gasteiger partial charge is 0.270 e. The summed E-state index contributed by atoms with van der Waals surface area (Å²) in [6.45, 7) is 0.447. The number of benzene rings is 1. The standard InChI is InChI=1S/C17H20N2O2/c20-16(13-6-2-1-3-7-13)10-11-19-17(21)15-9-5-4-8-14(15)12-18-19/h1-3,6-7,12,16,20H,4-5,8-11H2. The fourth-order valence-corrected chi connectivity index (χ4v) is 2.91. The molecule has 0 aliphatic heterocycles. The number of nitrogens with zero attached hydrogens (tertiary/aromatic N) is 2. The van der Waals surface area contributed by atoms with Gasteiger partial charge in [0.2, 0.25) is 0 Å². The first-order chi connectivity index (χ1) is 10.3. The molecule has 1 atom stereocenters. The highest BCUT2D eigenvalue weighted by molar-refractivity contribution is 5.23. The molecule has 1 unspecified atom stereocenters. The Morgan fingerprint density at radius 1 is 1.19 bits per heavy atom. The monoisotopic (exact) mass is 284 g/mol. The minimum Gasteiger partial charge on any atom is -0.388 e. The first-order valence-electron chi connectivity index (χ1n) is 7.56. The van der Waals surface area contributed by atoms with Gasteiger partial charge in [-0.25, -0.2) is 4.68 Å². The van der Waals surface area contributed by atoms with Crippen molar-refractivity contribution in [2.24, 2.45) is 0 Å². The average molecular weight is 284 g/mol. The lowest BCUT2D eigenvalue weighted by atomic mass is 9.94. The molecule has 110 valence electrons. The van der Waals surface area contributed by atoms with E-state index in [1.807, 2.05) is 36.5 Å². The minimum absolute atomic E-state index is 0.0208. The third kappa shape index (κ3) is 3.05. The van der Waals surface area contributed by atoms with Crippen LogP contribution in [0.4, 0.5) is 0 Å². The zero-order valence-electron chi connectivity index (χ0n) is 12.0. The van der Waals surface area contributed by atoms with E-state index in [1.165, 1.54) is 4.68 Å². The number of aryl methyl sites for hydroxylation is 2. The van der Waals surface area contributed by atoms with E-state index in [0.717, 1.165) is 42.4 Å². The molecule has 1 heterocycles. The van der Waals surface area contributed by atoms with Crippen LogP contribution in [0.15, 0.2) is 41.3 Å². The van der Waals surface area contributed by atoms with Crippen molar-refractivity contribution in [3.05, 3.63) is 63.6 Å². The molecule has 2 aromatic rings. The van der Waals surface area contributed by atoms with Gasteiger partial charge in [0.15, 0.2) is 0 Å². The van der Waals surface area contributed by atoms with Crippen LogP contribution in [0, 0.1) is 0 Å². The second kappa shape index (κ2) is 6.22. The summed E-state index contributed by atoms with van der Waals surface area (Å²) in [6.07, 6.45) is 5.81. The molecule has 0 saturated carbocycles. The molecule has 21 heavy (non-hydrogen) atoms. The Bertz CT molecular complexity index is 664. The van der Waals surface area contributed by atoms with E-state index < -0.39 is 6.10 Å². The van der Waals surface area contributed by atoms with Gasteiger partial charge in [0.1, 0.15) is 0 Å². The van der Waals surface area contributed by atoms with Crippen molar-refractivity contribution in [2.45, 2.75) is 44.8 Å². The summed E-state index contributed by atoms with van der Waals surface area (Å²) in [6, 6.07) is 9.52. The van der Waals surface area contributed by atoms with Gasteiger partial charge in [-0.2, -0.15) is 5.10 Å². The highest BCUT2D eigenvalue weighted by Crippen LogP contribution is 2.18. The molecule has 0 amide bonds. The van der Waals surface area contributed by atoms with Crippen molar-refractivity contribution in [1.29, 1.82) is 0 Å². The maximum atomic E-state index is 12.4. The number of hydrogen-bond acceptors (Lipinski definition) is 3. The molecule has 0 fully saturated rings. The molecule has 0 bridgehead atoms. The van der Waals surface area contributed by atoms with Gasteiger partial charge in [-0.05, 0) is 43.2 Å². The van der Waals surface area contributed by atoms with Gasteiger partial charge in [0.05, 0.1) is 12.3 Å². The van der Waals surface area contributed by atoms with Gasteiger partial charge in [0, 0.05) is 12.1 Å². The zero-order valence-corrected chi connectivity index (χ0v) is 12.0. The van der Waals surface area contributed by atoms with E-state index in [0.29, 0.717) is 13.0 Å². The minimum atomic E-state index is -0.559. The van der Waals surface area contributed by atoms with Crippen LogP contribution in [0.1, 0.15) is 42.1 Å². The van der Waals surface area contributed by atoms with Crippen molar-refractivity contribution in [3.63, 3.8) is 0 Å². The van der Waals surface area contributed by atoms with Crippen LogP contribution < -0.4 is 5.56 Å². The number of hydrogen-bond donors (Lipinski definition) is 1. The SMILES string of the molecule is O=c1c2c(cnn1CCC(O)c1ccccc1)CCCC2. The number of aliphatic hydroxyl groups excluding tert-OH is 1. The summed E-state index contributed by atoms with van der Waals surface area (Å²) in [5, 5.41) is 14.4. The van der Waals surface area contributed by atoms with Gasteiger partial charge in [0.25, 0.3) is 5.56 Å². The van der Waals surface area contributed by atoms with E-state index >= 15 is 0 Å². The normalized spacial score (nSPS) is 15.5. The summed E-state index contributed by atoms with van der Waals surface area (Å²) in [7, 11) is 0. The Hall–Kier alpha value is -1.94. The summed E-state index contributed by atoms with van der Waals surface area (Å²) < 4.78 is 1.50. The van der Waals surface area contributed by atoms with Crippen LogP contribution in [0.2, 0.25) is 0 Å². The molecule has 1 aliphatic carbocycles. The van der Waals surface area contributed by atoms with E-state index in [4.69, 9.17) is 0 Å². The predicted molar refractivity (Wildman–Crippen MR) is 81.2 cm³/mol. The lowest BCUT2D eigenvalue weighted by Crippen LogP contribution is -2.29. The van der Waals surface area contributed by atoms with Crippen molar-refractivity contribution in [3.8, 4) is 0 Å². The largest absolute Gasteiger partial charge is 0.388 e. The second-order valence-corrected chi connectivity index (χ2v) is 5.60. The first kappa shape index (κ1) is 14.0. The lowest BCUT2D eigenvalue weighted by molar-refractivity contribution is 0.158. The molecule has 0 radical (unpaired) electrons. The number of aliphatic hydroxyl groups is 1. The molecular weight excluding hydrogens is 264 g/mol. The Morgan fingerprint density at radius 2 is 1.95 bits per heavy atom. The van der Waals surface area contributed by atoms with Gasteiger partial charge >= 0.3 is 0 Å². The van der Waals surface area contributed by atoms with Crippen LogP contribution in [-0.4, -0.2) is 14.9 Å². The molecule has 1 aromatic carbocycles. The van der Waals surface area contributed by atoms with Crippen molar-refractivity contribution < 1.29 is 5.11 Å². The van der Waals surface area contributed by atoms with E-state index in [2.05, 4.69) is 5.10 Å². The van der Waals surface area contributed by atoms with Crippen LogP contribution in [0.5, 0.6) is 0 Å². The fourth-order valence-electron chi connectivity index (χ4n) is 2.91. The van der Waals surface area contributed by atoms with E-state index in [-0.39, 0.29) is 5.56 Å². The average Bonchev–Trinajstić information content (AvgIpc) is 2.55. The molecule has 0 saturated heterocycles. The first-order valence-corrected chi connectivity index (χ1v) is 7.56. The van der Waals surface area contributed by atoms with Gasteiger partial charge < -0.3 is 5.11 Å². The Balaban J connectivity index is 1.73. The Labute approximate surface area is 124 Å². The Morgan fingerprint density at radius 3 is 2.76 bits per heavy atom. The summed E-state index contributed by atoms with van der Waals surface area (Å²) in [5.74, 6) is 0. The molecule has 4 heteroatoms. The summed E-state index contributed by atoms with van der Waals surface area (Å²) in [4.78, 5) is 12.4. The van der Waals surface area contributed by atoms with Gasteiger partial charge in [-0.15, -0.1) is 0 Å². The molecule has 1 N–H and O–H groups in total. The highest BCUT2D eigenvalue weighted by Gasteiger charge is 2.15. The van der Waals surface area contributed by atoms with E-state index in [1.54, 1.807) is 0 Å². The molecular formula is C17H20N2O2. The summed E-state index contributed by atoms with van der Waals surface area (Å²) >= 11 is 0. The Kier molecular flexibility index (Phi) is 4.15. The van der Waals surface area contributed by atoms with Gasteiger partial charge in [-0.3, -0.25) is 4.79 Å². The van der Waals surface area contributed by atoms with Crippen LogP contribution in [0.25, 0.3) is 0 Å². The van der Waals surface area contributed by atoms with Crippen molar-refractivity contribution in [2.75, 3.05) is 0 Å². The van der Waals surface area contributed by atoms with Crippen molar-refractivity contribution >= 4 is 0 Å². The highest BCUT2D eigenvalue weighted by atomic mass is 16.3.